The van der Waals surface area contributed by atoms with E-state index in [4.69, 9.17) is 0 Å². The highest BCUT2D eigenvalue weighted by atomic mass is 32.2. The summed E-state index contributed by atoms with van der Waals surface area (Å²) in [7, 11) is 1.98. The maximum absolute atomic E-state index is 3.13. The summed E-state index contributed by atoms with van der Waals surface area (Å²) in [5, 5.41) is 3.13. The lowest BCUT2D eigenvalue weighted by molar-refractivity contribution is 0.809. The van der Waals surface area contributed by atoms with Crippen LogP contribution in [-0.2, 0) is 0 Å². The van der Waals surface area contributed by atoms with Crippen molar-refractivity contribution in [3.05, 3.63) is 35.9 Å². The molecule has 0 fully saturated rings. The van der Waals surface area contributed by atoms with Crippen molar-refractivity contribution in [3.8, 4) is 0 Å². The van der Waals surface area contributed by atoms with Crippen LogP contribution in [0.3, 0.4) is 0 Å². The Morgan fingerprint density at radius 3 is 3.00 bits per heavy atom. The van der Waals surface area contributed by atoms with Crippen LogP contribution in [0.2, 0.25) is 0 Å². The highest BCUT2D eigenvalue weighted by Gasteiger charge is 1.92. The van der Waals surface area contributed by atoms with Gasteiger partial charge in [0.25, 0.3) is 0 Å². The van der Waals surface area contributed by atoms with Crippen molar-refractivity contribution in [3.63, 3.8) is 0 Å². The van der Waals surface area contributed by atoms with Gasteiger partial charge in [0.1, 0.15) is 0 Å². The summed E-state index contributed by atoms with van der Waals surface area (Å²) in [6, 6.07) is 8.68. The minimum atomic E-state index is 1.04. The first-order chi connectivity index (χ1) is 7.36. The first kappa shape index (κ1) is 12.3. The number of hydrogen-bond donors (Lipinski definition) is 1. The summed E-state index contributed by atoms with van der Waals surface area (Å²) >= 11 is 1.89. The van der Waals surface area contributed by atoms with E-state index in [0.29, 0.717) is 0 Å². The summed E-state index contributed by atoms with van der Waals surface area (Å²) in [5.74, 6) is 1.13. The quantitative estimate of drug-likeness (QED) is 0.583. The molecule has 1 rings (SSSR count). The molecular weight excluding hydrogens is 202 g/mol. The van der Waals surface area contributed by atoms with Crippen LogP contribution >= 0.6 is 11.8 Å². The van der Waals surface area contributed by atoms with E-state index >= 15 is 0 Å². The van der Waals surface area contributed by atoms with E-state index < -0.39 is 0 Å². The van der Waals surface area contributed by atoms with E-state index in [0.717, 1.165) is 18.7 Å². The van der Waals surface area contributed by atoms with Crippen LogP contribution in [0.1, 0.15) is 18.9 Å². The molecule has 0 atom stereocenters. The zero-order valence-electron chi connectivity index (χ0n) is 9.49. The van der Waals surface area contributed by atoms with Crippen molar-refractivity contribution in [2.75, 3.05) is 19.3 Å². The fourth-order valence-electron chi connectivity index (χ4n) is 1.32. The molecular formula is C13H19NS. The van der Waals surface area contributed by atoms with Crippen LogP contribution in [-0.4, -0.2) is 19.3 Å². The Morgan fingerprint density at radius 1 is 1.40 bits per heavy atom. The summed E-state index contributed by atoms with van der Waals surface area (Å²) in [4.78, 5) is 1.35. The van der Waals surface area contributed by atoms with Gasteiger partial charge in [-0.2, -0.15) is 0 Å². The number of rotatable bonds is 6. The Morgan fingerprint density at radius 2 is 2.27 bits per heavy atom. The van der Waals surface area contributed by atoms with Crippen LogP contribution in [0.4, 0.5) is 0 Å². The molecule has 15 heavy (non-hydrogen) atoms. The molecule has 0 spiro atoms. The zero-order chi connectivity index (χ0) is 10.9. The molecule has 0 unspecified atom stereocenters. The number of hydrogen-bond acceptors (Lipinski definition) is 2. The minimum absolute atomic E-state index is 1.04. The molecule has 0 amide bonds. The topological polar surface area (TPSA) is 12.0 Å². The molecule has 0 heterocycles. The molecule has 0 aliphatic heterocycles. The number of thioether (sulfide) groups is 1. The van der Waals surface area contributed by atoms with Gasteiger partial charge >= 0.3 is 0 Å². The van der Waals surface area contributed by atoms with Gasteiger partial charge in [-0.3, -0.25) is 0 Å². The summed E-state index contributed by atoms with van der Waals surface area (Å²) in [6.45, 7) is 3.22. The van der Waals surface area contributed by atoms with Crippen molar-refractivity contribution in [2.24, 2.45) is 0 Å². The second-order valence-corrected chi connectivity index (χ2v) is 4.64. The third-order valence-corrected chi connectivity index (χ3v) is 2.92. The molecule has 0 aliphatic rings. The lowest BCUT2D eigenvalue weighted by Crippen LogP contribution is -2.05. The second kappa shape index (κ2) is 7.55. The van der Waals surface area contributed by atoms with E-state index in [1.165, 1.54) is 10.5 Å². The summed E-state index contributed by atoms with van der Waals surface area (Å²) in [6.07, 6.45) is 5.49. The Hall–Kier alpha value is -0.730. The average Bonchev–Trinajstić information content (AvgIpc) is 2.26. The second-order valence-electron chi connectivity index (χ2n) is 3.30. The predicted octanol–water partition coefficient (Wildman–Crippen LogP) is 3.42. The van der Waals surface area contributed by atoms with Gasteiger partial charge in [-0.15, -0.1) is 11.8 Å². The van der Waals surface area contributed by atoms with Crippen LogP contribution in [0.5, 0.6) is 0 Å². The number of nitrogens with one attached hydrogen (secondary N) is 1. The van der Waals surface area contributed by atoms with Gasteiger partial charge in [0.2, 0.25) is 0 Å². The van der Waals surface area contributed by atoms with Gasteiger partial charge in [0, 0.05) is 4.90 Å². The van der Waals surface area contributed by atoms with E-state index in [-0.39, 0.29) is 0 Å². The van der Waals surface area contributed by atoms with Crippen molar-refractivity contribution in [2.45, 2.75) is 18.2 Å². The van der Waals surface area contributed by atoms with Crippen LogP contribution < -0.4 is 5.32 Å². The lowest BCUT2D eigenvalue weighted by Gasteiger charge is -1.99. The maximum Gasteiger partial charge on any atom is 0.00777 e. The number of benzene rings is 1. The SMILES string of the molecule is CCSc1cccc(C=CCCNC)c1. The summed E-state index contributed by atoms with van der Waals surface area (Å²) < 4.78 is 0. The molecule has 1 N–H and O–H groups in total. The summed E-state index contributed by atoms with van der Waals surface area (Å²) in [5.41, 5.74) is 1.30. The van der Waals surface area contributed by atoms with Gasteiger partial charge in [-0.1, -0.05) is 31.2 Å². The van der Waals surface area contributed by atoms with Gasteiger partial charge < -0.3 is 5.32 Å². The Balaban J connectivity index is 2.53. The molecule has 0 aromatic heterocycles. The van der Waals surface area contributed by atoms with Crippen LogP contribution in [0.15, 0.2) is 35.2 Å². The Labute approximate surface area is 97.0 Å². The maximum atomic E-state index is 3.13. The van der Waals surface area contributed by atoms with Crippen molar-refractivity contribution < 1.29 is 0 Å². The van der Waals surface area contributed by atoms with Crippen molar-refractivity contribution in [1.82, 2.24) is 5.32 Å². The smallest absolute Gasteiger partial charge is 0.00777 e. The third-order valence-electron chi connectivity index (χ3n) is 2.04. The molecule has 0 radical (unpaired) electrons. The highest BCUT2D eigenvalue weighted by molar-refractivity contribution is 7.99. The lowest BCUT2D eigenvalue weighted by atomic mass is 10.2. The molecule has 0 saturated carbocycles. The molecule has 0 bridgehead atoms. The molecule has 0 saturated heterocycles. The standard InChI is InChI=1S/C13H19NS/c1-3-15-13-9-6-8-12(11-13)7-4-5-10-14-2/h4,6-9,11,14H,3,5,10H2,1-2H3. The van der Waals surface area contributed by atoms with Gasteiger partial charge in [0.15, 0.2) is 0 Å². The van der Waals surface area contributed by atoms with Crippen molar-refractivity contribution >= 4 is 17.8 Å². The molecule has 82 valence electrons. The van der Waals surface area contributed by atoms with E-state index in [2.05, 4.69) is 48.7 Å². The van der Waals surface area contributed by atoms with E-state index in [1.54, 1.807) is 0 Å². The largest absolute Gasteiger partial charge is 0.319 e. The zero-order valence-corrected chi connectivity index (χ0v) is 10.3. The first-order valence-electron chi connectivity index (χ1n) is 5.41. The molecule has 1 aromatic rings. The monoisotopic (exact) mass is 221 g/mol. The molecule has 1 nitrogen and oxygen atoms in total. The highest BCUT2D eigenvalue weighted by Crippen LogP contribution is 2.19. The Kier molecular flexibility index (Phi) is 6.21. The fraction of sp³-hybridized carbons (Fsp3) is 0.385. The van der Waals surface area contributed by atoms with Gasteiger partial charge in [-0.25, -0.2) is 0 Å². The first-order valence-corrected chi connectivity index (χ1v) is 6.39. The van der Waals surface area contributed by atoms with Crippen LogP contribution in [0.25, 0.3) is 6.08 Å². The van der Waals surface area contributed by atoms with Crippen LogP contribution in [0, 0.1) is 0 Å². The third kappa shape index (κ3) is 5.05. The Bertz CT molecular complexity index is 307. The predicted molar refractivity (Wildman–Crippen MR) is 70.4 cm³/mol. The molecule has 0 aliphatic carbocycles. The fourth-order valence-corrected chi connectivity index (χ4v) is 2.05. The minimum Gasteiger partial charge on any atom is -0.319 e. The van der Waals surface area contributed by atoms with Crippen molar-refractivity contribution in [1.29, 1.82) is 0 Å². The molecule has 2 heteroatoms. The van der Waals surface area contributed by atoms with Gasteiger partial charge in [-0.05, 0) is 43.5 Å². The molecule has 1 aromatic carbocycles. The van der Waals surface area contributed by atoms with Gasteiger partial charge in [0.05, 0.1) is 0 Å². The normalized spacial score (nSPS) is 11.1. The average molecular weight is 221 g/mol. The van der Waals surface area contributed by atoms with E-state index in [1.807, 2.05) is 18.8 Å². The van der Waals surface area contributed by atoms with E-state index in [9.17, 15) is 0 Å².